The summed E-state index contributed by atoms with van der Waals surface area (Å²) in [6, 6.07) is 4.79. The minimum atomic E-state index is -0.441. The zero-order chi connectivity index (χ0) is 15.2. The summed E-state index contributed by atoms with van der Waals surface area (Å²) in [6.07, 6.45) is 4.90. The number of hydrogen-bond acceptors (Lipinski definition) is 5. The number of nitro groups is 1. The predicted octanol–water partition coefficient (Wildman–Crippen LogP) is 2.07. The van der Waals surface area contributed by atoms with Crippen molar-refractivity contribution < 1.29 is 9.66 Å². The van der Waals surface area contributed by atoms with Crippen LogP contribution in [0.2, 0.25) is 0 Å². The maximum atomic E-state index is 11.0. The molecular formula is C14H18N4O3. The summed E-state index contributed by atoms with van der Waals surface area (Å²) in [5, 5.41) is 11.0. The van der Waals surface area contributed by atoms with Crippen LogP contribution in [0.5, 0.6) is 5.75 Å². The summed E-state index contributed by atoms with van der Waals surface area (Å²) in [5.41, 5.74) is 6.30. The standard InChI is InChI=1S/C14H18N4O3/c1-2-9-21-13-10-11(3-4-12(13)18(19)20)17-8-7-16-14(17)5-6-15/h3-4,7-8,10H,2,5-6,9,15H2,1H3. The van der Waals surface area contributed by atoms with Gasteiger partial charge < -0.3 is 15.0 Å². The summed E-state index contributed by atoms with van der Waals surface area (Å²) < 4.78 is 7.34. The van der Waals surface area contributed by atoms with Gasteiger partial charge >= 0.3 is 5.69 Å². The molecule has 0 saturated carbocycles. The van der Waals surface area contributed by atoms with Gasteiger partial charge in [-0.15, -0.1) is 0 Å². The van der Waals surface area contributed by atoms with Gasteiger partial charge in [-0.3, -0.25) is 10.1 Å². The fourth-order valence-electron chi connectivity index (χ4n) is 2.01. The van der Waals surface area contributed by atoms with Crippen LogP contribution in [0.25, 0.3) is 5.69 Å². The van der Waals surface area contributed by atoms with E-state index in [1.54, 1.807) is 24.5 Å². The van der Waals surface area contributed by atoms with Gasteiger partial charge in [0, 0.05) is 30.9 Å². The van der Waals surface area contributed by atoms with Gasteiger partial charge in [-0.05, 0) is 19.0 Å². The van der Waals surface area contributed by atoms with Crippen LogP contribution in [0.15, 0.2) is 30.6 Å². The van der Waals surface area contributed by atoms with Crippen molar-refractivity contribution >= 4 is 5.69 Å². The second-order valence-corrected chi connectivity index (χ2v) is 4.51. The van der Waals surface area contributed by atoms with Crippen molar-refractivity contribution in [3.05, 3.63) is 46.5 Å². The molecule has 0 amide bonds. The summed E-state index contributed by atoms with van der Waals surface area (Å²) in [4.78, 5) is 14.8. The molecule has 0 unspecified atom stereocenters. The number of imidazole rings is 1. The highest BCUT2D eigenvalue weighted by Gasteiger charge is 2.17. The highest BCUT2D eigenvalue weighted by atomic mass is 16.6. The van der Waals surface area contributed by atoms with Crippen LogP contribution in [0.4, 0.5) is 5.69 Å². The van der Waals surface area contributed by atoms with E-state index in [0.29, 0.717) is 19.6 Å². The lowest BCUT2D eigenvalue weighted by Gasteiger charge is -2.10. The molecule has 0 saturated heterocycles. The van der Waals surface area contributed by atoms with Gasteiger partial charge in [0.15, 0.2) is 5.75 Å². The largest absolute Gasteiger partial charge is 0.487 e. The third-order valence-electron chi connectivity index (χ3n) is 2.97. The Balaban J connectivity index is 2.40. The molecule has 2 N–H and O–H groups in total. The molecule has 7 nitrogen and oxygen atoms in total. The number of hydrogen-bond donors (Lipinski definition) is 1. The average Bonchev–Trinajstić information content (AvgIpc) is 2.93. The molecule has 7 heteroatoms. The first-order chi connectivity index (χ1) is 10.2. The molecule has 21 heavy (non-hydrogen) atoms. The molecule has 0 spiro atoms. The Hall–Kier alpha value is -2.41. The number of benzene rings is 1. The Morgan fingerprint density at radius 2 is 2.29 bits per heavy atom. The number of nitro benzene ring substituents is 1. The van der Waals surface area contributed by atoms with Crippen LogP contribution >= 0.6 is 0 Å². The van der Waals surface area contributed by atoms with Crippen molar-refractivity contribution in [3.8, 4) is 11.4 Å². The first kappa shape index (κ1) is 15.0. The van der Waals surface area contributed by atoms with Gasteiger partial charge in [0.25, 0.3) is 0 Å². The molecule has 0 bridgehead atoms. The van der Waals surface area contributed by atoms with Crippen molar-refractivity contribution in [2.45, 2.75) is 19.8 Å². The molecule has 1 aromatic carbocycles. The second kappa shape index (κ2) is 6.85. The highest BCUT2D eigenvalue weighted by molar-refractivity contribution is 5.53. The van der Waals surface area contributed by atoms with E-state index >= 15 is 0 Å². The Kier molecular flexibility index (Phi) is 4.89. The van der Waals surface area contributed by atoms with Crippen molar-refractivity contribution in [1.29, 1.82) is 0 Å². The summed E-state index contributed by atoms with van der Waals surface area (Å²) >= 11 is 0. The van der Waals surface area contributed by atoms with E-state index in [2.05, 4.69) is 4.98 Å². The van der Waals surface area contributed by atoms with E-state index < -0.39 is 4.92 Å². The zero-order valence-corrected chi connectivity index (χ0v) is 11.9. The van der Waals surface area contributed by atoms with Crippen molar-refractivity contribution in [2.75, 3.05) is 13.2 Å². The predicted molar refractivity (Wildman–Crippen MR) is 78.8 cm³/mol. The third-order valence-corrected chi connectivity index (χ3v) is 2.97. The van der Waals surface area contributed by atoms with Gasteiger partial charge in [0.2, 0.25) is 0 Å². The van der Waals surface area contributed by atoms with Gasteiger partial charge in [-0.25, -0.2) is 4.98 Å². The van der Waals surface area contributed by atoms with Gasteiger partial charge in [-0.1, -0.05) is 6.92 Å². The zero-order valence-electron chi connectivity index (χ0n) is 11.9. The lowest BCUT2D eigenvalue weighted by Crippen LogP contribution is -2.09. The molecule has 0 fully saturated rings. The molecule has 0 atom stereocenters. The average molecular weight is 290 g/mol. The van der Waals surface area contributed by atoms with Crippen molar-refractivity contribution in [1.82, 2.24) is 9.55 Å². The number of rotatable bonds is 7. The summed E-state index contributed by atoms with van der Waals surface area (Å²) in [6.45, 7) is 2.87. The molecule has 1 heterocycles. The molecule has 0 radical (unpaired) electrons. The topological polar surface area (TPSA) is 96.2 Å². The molecular weight excluding hydrogens is 272 g/mol. The number of ether oxygens (including phenoxy) is 1. The Morgan fingerprint density at radius 3 is 2.95 bits per heavy atom. The molecule has 0 aliphatic heterocycles. The number of nitrogens with zero attached hydrogens (tertiary/aromatic N) is 3. The van der Waals surface area contributed by atoms with Crippen LogP contribution in [0.3, 0.4) is 0 Å². The Labute approximate surface area is 122 Å². The Bertz CT molecular complexity index is 624. The first-order valence-corrected chi connectivity index (χ1v) is 6.81. The van der Waals surface area contributed by atoms with E-state index in [-0.39, 0.29) is 11.4 Å². The van der Waals surface area contributed by atoms with Crippen LogP contribution in [-0.2, 0) is 6.42 Å². The normalized spacial score (nSPS) is 10.6. The van der Waals surface area contributed by atoms with Crippen molar-refractivity contribution in [2.24, 2.45) is 5.73 Å². The Morgan fingerprint density at radius 1 is 1.48 bits per heavy atom. The van der Waals surface area contributed by atoms with Gasteiger partial charge in [-0.2, -0.15) is 0 Å². The number of aromatic nitrogens is 2. The highest BCUT2D eigenvalue weighted by Crippen LogP contribution is 2.30. The molecule has 0 aliphatic rings. The van der Waals surface area contributed by atoms with Crippen LogP contribution in [0, 0.1) is 10.1 Å². The molecule has 2 aromatic rings. The molecule has 0 aliphatic carbocycles. The minimum absolute atomic E-state index is 0.0345. The van der Waals surface area contributed by atoms with E-state index in [4.69, 9.17) is 10.5 Å². The minimum Gasteiger partial charge on any atom is -0.487 e. The maximum Gasteiger partial charge on any atom is 0.311 e. The van der Waals surface area contributed by atoms with E-state index in [0.717, 1.165) is 17.9 Å². The second-order valence-electron chi connectivity index (χ2n) is 4.51. The number of nitrogens with two attached hydrogens (primary N) is 1. The van der Waals surface area contributed by atoms with E-state index in [9.17, 15) is 10.1 Å². The van der Waals surface area contributed by atoms with Gasteiger partial charge in [0.1, 0.15) is 5.82 Å². The molecule has 112 valence electrons. The van der Waals surface area contributed by atoms with E-state index in [1.807, 2.05) is 11.5 Å². The lowest BCUT2D eigenvalue weighted by molar-refractivity contribution is -0.385. The van der Waals surface area contributed by atoms with E-state index in [1.165, 1.54) is 6.07 Å². The quantitative estimate of drug-likeness (QED) is 0.622. The van der Waals surface area contributed by atoms with Crippen molar-refractivity contribution in [3.63, 3.8) is 0 Å². The molecule has 1 aromatic heterocycles. The monoisotopic (exact) mass is 290 g/mol. The SMILES string of the molecule is CCCOc1cc(-n2ccnc2CCN)ccc1[N+](=O)[O-]. The summed E-state index contributed by atoms with van der Waals surface area (Å²) in [5.74, 6) is 1.08. The van der Waals surface area contributed by atoms with Gasteiger partial charge in [0.05, 0.1) is 17.2 Å². The van der Waals surface area contributed by atoms with Crippen LogP contribution < -0.4 is 10.5 Å². The smallest absolute Gasteiger partial charge is 0.311 e. The first-order valence-electron chi connectivity index (χ1n) is 6.81. The van der Waals surface area contributed by atoms with Crippen LogP contribution in [-0.4, -0.2) is 27.6 Å². The molecule has 2 rings (SSSR count). The third kappa shape index (κ3) is 3.38. The fourth-order valence-corrected chi connectivity index (χ4v) is 2.01. The van der Waals surface area contributed by atoms with Crippen LogP contribution in [0.1, 0.15) is 19.2 Å². The maximum absolute atomic E-state index is 11.0. The summed E-state index contributed by atoms with van der Waals surface area (Å²) in [7, 11) is 0. The fraction of sp³-hybridized carbons (Fsp3) is 0.357. The lowest BCUT2D eigenvalue weighted by atomic mass is 10.2.